The molecule has 0 aromatic heterocycles. The SMILES string of the molecule is CCCCOCCOCCNC(=O)COCC1O[C@@H](O)C(O)[C@@H](O)[C@@H]1O. The molecule has 154 valence electrons. The second kappa shape index (κ2) is 13.3. The molecule has 1 saturated heterocycles. The molecule has 0 radical (unpaired) electrons. The molecule has 1 aliphatic rings. The summed E-state index contributed by atoms with van der Waals surface area (Å²) >= 11 is 0. The molecule has 0 aromatic rings. The molecule has 5 atom stereocenters. The molecule has 0 aliphatic carbocycles. The quantitative estimate of drug-likeness (QED) is 0.223. The van der Waals surface area contributed by atoms with Gasteiger partial charge in [0.05, 0.1) is 26.4 Å². The maximum absolute atomic E-state index is 11.6. The van der Waals surface area contributed by atoms with Gasteiger partial charge in [-0.2, -0.15) is 0 Å². The molecule has 0 spiro atoms. The van der Waals surface area contributed by atoms with Gasteiger partial charge in [0.1, 0.15) is 31.0 Å². The molecule has 1 rings (SSSR count). The molecule has 2 unspecified atom stereocenters. The third-order valence-corrected chi connectivity index (χ3v) is 3.79. The lowest BCUT2D eigenvalue weighted by molar-refractivity contribution is -0.288. The van der Waals surface area contributed by atoms with Crippen LogP contribution in [0.1, 0.15) is 19.8 Å². The zero-order chi connectivity index (χ0) is 19.4. The summed E-state index contributed by atoms with van der Waals surface area (Å²) in [6, 6.07) is 0. The maximum Gasteiger partial charge on any atom is 0.246 e. The lowest BCUT2D eigenvalue weighted by Gasteiger charge is -2.38. The van der Waals surface area contributed by atoms with Crippen molar-refractivity contribution in [1.29, 1.82) is 0 Å². The lowest BCUT2D eigenvalue weighted by atomic mass is 9.99. The molecule has 0 saturated carbocycles. The number of nitrogens with one attached hydrogen (secondary N) is 1. The van der Waals surface area contributed by atoms with Crippen LogP contribution < -0.4 is 5.32 Å². The van der Waals surface area contributed by atoms with E-state index in [1.165, 1.54) is 0 Å². The summed E-state index contributed by atoms with van der Waals surface area (Å²) < 4.78 is 20.7. The Bertz CT molecular complexity index is 385. The Morgan fingerprint density at radius 2 is 1.65 bits per heavy atom. The molecule has 1 aliphatic heterocycles. The largest absolute Gasteiger partial charge is 0.387 e. The minimum absolute atomic E-state index is 0.221. The highest BCUT2D eigenvalue weighted by Crippen LogP contribution is 2.19. The van der Waals surface area contributed by atoms with Gasteiger partial charge in [0.2, 0.25) is 5.91 Å². The van der Waals surface area contributed by atoms with Gasteiger partial charge in [0.25, 0.3) is 0 Å². The van der Waals surface area contributed by atoms with Gasteiger partial charge in [-0.3, -0.25) is 4.79 Å². The Hall–Kier alpha value is -0.850. The van der Waals surface area contributed by atoms with E-state index in [-0.39, 0.29) is 19.1 Å². The van der Waals surface area contributed by atoms with Crippen molar-refractivity contribution in [1.82, 2.24) is 5.32 Å². The van der Waals surface area contributed by atoms with Gasteiger partial charge in [-0.1, -0.05) is 13.3 Å². The number of hydrogen-bond donors (Lipinski definition) is 5. The number of hydrogen-bond acceptors (Lipinski definition) is 9. The first-order valence-corrected chi connectivity index (χ1v) is 8.85. The van der Waals surface area contributed by atoms with E-state index in [1.54, 1.807) is 0 Å². The molecular formula is C16H31NO9. The summed E-state index contributed by atoms with van der Waals surface area (Å²) in [5.74, 6) is -0.376. The van der Waals surface area contributed by atoms with Crippen LogP contribution in [-0.2, 0) is 23.7 Å². The molecular weight excluding hydrogens is 350 g/mol. The van der Waals surface area contributed by atoms with E-state index in [2.05, 4.69) is 12.2 Å². The first kappa shape index (κ1) is 23.2. The fourth-order valence-corrected chi connectivity index (χ4v) is 2.22. The number of ether oxygens (including phenoxy) is 4. The van der Waals surface area contributed by atoms with Crippen LogP contribution in [0.15, 0.2) is 0 Å². The van der Waals surface area contributed by atoms with E-state index in [4.69, 9.17) is 18.9 Å². The lowest BCUT2D eigenvalue weighted by Crippen LogP contribution is -2.58. The number of aliphatic hydroxyl groups is 4. The highest BCUT2D eigenvalue weighted by atomic mass is 16.6. The van der Waals surface area contributed by atoms with Gasteiger partial charge in [-0.05, 0) is 6.42 Å². The zero-order valence-corrected chi connectivity index (χ0v) is 15.1. The summed E-state index contributed by atoms with van der Waals surface area (Å²) in [6.45, 7) is 3.97. The van der Waals surface area contributed by atoms with Gasteiger partial charge in [-0.15, -0.1) is 0 Å². The average Bonchev–Trinajstić information content (AvgIpc) is 2.62. The van der Waals surface area contributed by atoms with Crippen molar-refractivity contribution < 1.29 is 44.2 Å². The topological polar surface area (TPSA) is 147 Å². The van der Waals surface area contributed by atoms with Crippen molar-refractivity contribution in [2.24, 2.45) is 0 Å². The molecule has 0 aromatic carbocycles. The Morgan fingerprint density at radius 1 is 0.962 bits per heavy atom. The predicted octanol–water partition coefficient (Wildman–Crippen LogP) is -2.25. The van der Waals surface area contributed by atoms with E-state index in [0.29, 0.717) is 26.4 Å². The van der Waals surface area contributed by atoms with Gasteiger partial charge >= 0.3 is 0 Å². The number of rotatable bonds is 13. The zero-order valence-electron chi connectivity index (χ0n) is 15.1. The minimum atomic E-state index is -1.63. The second-order valence-corrected chi connectivity index (χ2v) is 5.98. The molecule has 5 N–H and O–H groups in total. The van der Waals surface area contributed by atoms with Crippen molar-refractivity contribution in [2.75, 3.05) is 46.2 Å². The molecule has 1 fully saturated rings. The second-order valence-electron chi connectivity index (χ2n) is 5.98. The summed E-state index contributed by atoms with van der Waals surface area (Å²) in [6.07, 6.45) is -5.14. The minimum Gasteiger partial charge on any atom is -0.387 e. The Kier molecular flexibility index (Phi) is 11.9. The van der Waals surface area contributed by atoms with Crippen LogP contribution in [0.4, 0.5) is 0 Å². The third-order valence-electron chi connectivity index (χ3n) is 3.79. The van der Waals surface area contributed by atoms with Gasteiger partial charge in [-0.25, -0.2) is 0 Å². The maximum atomic E-state index is 11.6. The van der Waals surface area contributed by atoms with E-state index in [0.717, 1.165) is 19.4 Å². The van der Waals surface area contributed by atoms with Crippen molar-refractivity contribution >= 4 is 5.91 Å². The normalized spacial score (nSPS) is 28.9. The predicted molar refractivity (Wildman–Crippen MR) is 89.3 cm³/mol. The van der Waals surface area contributed by atoms with E-state index in [1.807, 2.05) is 0 Å². The number of amides is 1. The molecule has 0 bridgehead atoms. The third kappa shape index (κ3) is 8.69. The van der Waals surface area contributed by atoms with Crippen molar-refractivity contribution in [3.05, 3.63) is 0 Å². The van der Waals surface area contributed by atoms with Gasteiger partial charge in [0, 0.05) is 13.2 Å². The van der Waals surface area contributed by atoms with Crippen molar-refractivity contribution in [2.45, 2.75) is 50.5 Å². The smallest absolute Gasteiger partial charge is 0.246 e. The number of unbranched alkanes of at least 4 members (excludes halogenated alkanes) is 1. The summed E-state index contributed by atoms with van der Waals surface area (Å²) in [5, 5.41) is 40.6. The van der Waals surface area contributed by atoms with Crippen LogP contribution in [-0.4, -0.2) is 103 Å². The first-order valence-electron chi connectivity index (χ1n) is 8.85. The monoisotopic (exact) mass is 381 g/mol. The van der Waals surface area contributed by atoms with Gasteiger partial charge < -0.3 is 44.7 Å². The van der Waals surface area contributed by atoms with Gasteiger partial charge in [0.15, 0.2) is 6.29 Å². The highest BCUT2D eigenvalue weighted by Gasteiger charge is 2.42. The molecule has 10 heteroatoms. The van der Waals surface area contributed by atoms with Crippen molar-refractivity contribution in [3.8, 4) is 0 Å². The Morgan fingerprint density at radius 3 is 2.35 bits per heavy atom. The molecule has 10 nitrogen and oxygen atoms in total. The molecule has 26 heavy (non-hydrogen) atoms. The molecule has 1 heterocycles. The number of carbonyl (C=O) groups excluding carboxylic acids is 1. The molecule has 1 amide bonds. The van der Waals surface area contributed by atoms with Crippen LogP contribution in [0.2, 0.25) is 0 Å². The van der Waals surface area contributed by atoms with Crippen molar-refractivity contribution in [3.63, 3.8) is 0 Å². The van der Waals surface area contributed by atoms with E-state index < -0.39 is 30.7 Å². The van der Waals surface area contributed by atoms with Crippen LogP contribution >= 0.6 is 0 Å². The summed E-state index contributed by atoms with van der Waals surface area (Å²) in [7, 11) is 0. The fourth-order valence-electron chi connectivity index (χ4n) is 2.22. The average molecular weight is 381 g/mol. The first-order chi connectivity index (χ1) is 12.5. The van der Waals surface area contributed by atoms with Crippen LogP contribution in [0.25, 0.3) is 0 Å². The van der Waals surface area contributed by atoms with E-state index in [9.17, 15) is 25.2 Å². The Balaban J connectivity index is 2.01. The van der Waals surface area contributed by atoms with E-state index >= 15 is 0 Å². The summed E-state index contributed by atoms with van der Waals surface area (Å²) in [5.41, 5.74) is 0. The van der Waals surface area contributed by atoms with Crippen LogP contribution in [0, 0.1) is 0 Å². The Labute approximate surface area is 153 Å². The van der Waals surface area contributed by atoms with Crippen LogP contribution in [0.5, 0.6) is 0 Å². The standard InChI is InChI=1S/C16H31NO9/c1-2-3-5-23-7-8-24-6-4-17-12(18)10-25-9-11-13(19)14(20)15(21)16(22)26-11/h11,13-16,19-22H,2-10H2,1H3,(H,17,18)/t11?,13-,14+,15?,16-/m1/s1. The number of aliphatic hydroxyl groups excluding tert-OH is 4. The van der Waals surface area contributed by atoms with Crippen LogP contribution in [0.3, 0.4) is 0 Å². The fraction of sp³-hybridized carbons (Fsp3) is 0.938. The highest BCUT2D eigenvalue weighted by molar-refractivity contribution is 5.77. The number of carbonyl (C=O) groups is 1. The summed E-state index contributed by atoms with van der Waals surface area (Å²) in [4.78, 5) is 11.6.